The molecule has 2 fully saturated rings. The summed E-state index contributed by atoms with van der Waals surface area (Å²) in [6.45, 7) is 1.02. The van der Waals surface area contributed by atoms with Crippen molar-refractivity contribution in [2.45, 2.75) is 25.7 Å². The van der Waals surface area contributed by atoms with Crippen LogP contribution in [-0.2, 0) is 0 Å². The van der Waals surface area contributed by atoms with E-state index >= 15 is 0 Å². The van der Waals surface area contributed by atoms with Crippen LogP contribution in [0.2, 0.25) is 0 Å². The van der Waals surface area contributed by atoms with Crippen LogP contribution in [0.4, 0.5) is 0 Å². The smallest absolute Gasteiger partial charge is 0.251 e. The van der Waals surface area contributed by atoms with Crippen molar-refractivity contribution in [2.75, 3.05) is 19.8 Å². The van der Waals surface area contributed by atoms with Gasteiger partial charge < -0.3 is 15.2 Å². The Morgan fingerprint density at radius 1 is 1.19 bits per heavy atom. The minimum atomic E-state index is -0.164. The molecule has 0 aromatic heterocycles. The van der Waals surface area contributed by atoms with Gasteiger partial charge in [0.1, 0.15) is 5.75 Å². The fourth-order valence-corrected chi connectivity index (χ4v) is 3.29. The molecular weight excluding hydrogens is 266 g/mol. The third-order valence-electron chi connectivity index (χ3n) is 4.65. The van der Waals surface area contributed by atoms with Gasteiger partial charge in [0.05, 0.1) is 13.2 Å². The highest BCUT2D eigenvalue weighted by molar-refractivity contribution is 5.94. The Kier molecular flexibility index (Phi) is 4.44. The molecule has 3 rings (SSSR count). The zero-order valence-electron chi connectivity index (χ0n) is 12.3. The van der Waals surface area contributed by atoms with Crippen molar-refractivity contribution in [3.8, 4) is 5.75 Å². The summed E-state index contributed by atoms with van der Waals surface area (Å²) in [6, 6.07) is 7.22. The summed E-state index contributed by atoms with van der Waals surface area (Å²) < 4.78 is 5.86. The van der Waals surface area contributed by atoms with Crippen LogP contribution < -0.4 is 10.1 Å². The first-order valence-electron chi connectivity index (χ1n) is 7.88. The molecule has 3 unspecified atom stereocenters. The topological polar surface area (TPSA) is 58.6 Å². The Labute approximate surface area is 125 Å². The van der Waals surface area contributed by atoms with Gasteiger partial charge in [0.2, 0.25) is 0 Å². The highest BCUT2D eigenvalue weighted by Crippen LogP contribution is 2.51. The van der Waals surface area contributed by atoms with Gasteiger partial charge in [0.15, 0.2) is 0 Å². The summed E-state index contributed by atoms with van der Waals surface area (Å²) in [7, 11) is 0. The number of aliphatic hydroxyl groups is 1. The van der Waals surface area contributed by atoms with Crippen LogP contribution in [0.1, 0.15) is 36.0 Å². The molecule has 114 valence electrons. The van der Waals surface area contributed by atoms with Crippen molar-refractivity contribution >= 4 is 5.91 Å². The Hall–Kier alpha value is -1.55. The van der Waals surface area contributed by atoms with E-state index in [2.05, 4.69) is 5.32 Å². The molecule has 2 N–H and O–H groups in total. The Balaban J connectivity index is 1.46. The highest BCUT2D eigenvalue weighted by Gasteiger charge is 2.41. The second-order valence-electron chi connectivity index (χ2n) is 6.25. The molecule has 0 heterocycles. The molecule has 1 amide bonds. The molecular formula is C17H23NO3. The van der Waals surface area contributed by atoms with E-state index < -0.39 is 0 Å². The number of nitrogens with one attached hydrogen (secondary N) is 1. The number of aliphatic hydroxyl groups excluding tert-OH is 1. The lowest BCUT2D eigenvalue weighted by molar-refractivity contribution is 0.0944. The first-order chi connectivity index (χ1) is 10.3. The van der Waals surface area contributed by atoms with Gasteiger partial charge in [0.25, 0.3) is 5.91 Å². The summed E-state index contributed by atoms with van der Waals surface area (Å²) in [6.07, 6.45) is 5.44. The van der Waals surface area contributed by atoms with Crippen LogP contribution in [0.5, 0.6) is 5.75 Å². The number of ether oxygens (including phenoxy) is 1. The Bertz CT molecular complexity index is 485. The predicted molar refractivity (Wildman–Crippen MR) is 80.3 cm³/mol. The second kappa shape index (κ2) is 6.48. The molecule has 2 aliphatic rings. The number of rotatable bonds is 6. The lowest BCUT2D eigenvalue weighted by Crippen LogP contribution is -2.26. The van der Waals surface area contributed by atoms with E-state index in [1.807, 2.05) is 12.1 Å². The molecule has 0 radical (unpaired) electrons. The van der Waals surface area contributed by atoms with Gasteiger partial charge >= 0.3 is 0 Å². The lowest BCUT2D eigenvalue weighted by Gasteiger charge is -2.21. The zero-order valence-corrected chi connectivity index (χ0v) is 12.3. The molecule has 1 aromatic rings. The third-order valence-corrected chi connectivity index (χ3v) is 4.65. The minimum absolute atomic E-state index is 0.0455. The summed E-state index contributed by atoms with van der Waals surface area (Å²) >= 11 is 0. The zero-order chi connectivity index (χ0) is 14.7. The van der Waals surface area contributed by atoms with Gasteiger partial charge in [0, 0.05) is 12.1 Å². The van der Waals surface area contributed by atoms with E-state index in [0.29, 0.717) is 11.5 Å². The second-order valence-corrected chi connectivity index (χ2v) is 6.25. The number of hydrogen-bond acceptors (Lipinski definition) is 3. The van der Waals surface area contributed by atoms with Gasteiger partial charge in [-0.05, 0) is 67.7 Å². The average Bonchev–Trinajstić information content (AvgIpc) is 3.29. The highest BCUT2D eigenvalue weighted by atomic mass is 16.5. The monoisotopic (exact) mass is 289 g/mol. The molecule has 0 spiro atoms. The number of amides is 1. The van der Waals surface area contributed by atoms with Gasteiger partial charge in [-0.15, -0.1) is 0 Å². The summed E-state index contributed by atoms with van der Waals surface area (Å²) in [4.78, 5) is 11.7. The lowest BCUT2D eigenvalue weighted by atomic mass is 9.90. The van der Waals surface area contributed by atoms with Crippen LogP contribution in [-0.4, -0.2) is 30.8 Å². The van der Waals surface area contributed by atoms with E-state index in [1.165, 1.54) is 25.7 Å². The molecule has 2 saturated carbocycles. The van der Waals surface area contributed by atoms with Crippen LogP contribution in [0.3, 0.4) is 0 Å². The number of carbonyl (C=O) groups is 1. The third kappa shape index (κ3) is 3.76. The molecule has 0 bridgehead atoms. The van der Waals surface area contributed by atoms with Crippen molar-refractivity contribution < 1.29 is 14.6 Å². The van der Waals surface area contributed by atoms with Gasteiger partial charge in [-0.3, -0.25) is 4.79 Å². The van der Waals surface area contributed by atoms with E-state index in [-0.39, 0.29) is 19.1 Å². The summed E-state index contributed by atoms with van der Waals surface area (Å²) in [5.41, 5.74) is 0.592. The van der Waals surface area contributed by atoms with E-state index in [4.69, 9.17) is 9.84 Å². The number of fused-ring (bicyclic) bond motifs is 1. The molecule has 0 aliphatic heterocycles. The van der Waals surface area contributed by atoms with Crippen molar-refractivity contribution in [2.24, 2.45) is 17.8 Å². The first kappa shape index (κ1) is 14.4. The van der Waals surface area contributed by atoms with E-state index in [9.17, 15) is 4.79 Å². The van der Waals surface area contributed by atoms with Gasteiger partial charge in [-0.25, -0.2) is 0 Å². The molecule has 1 aromatic carbocycles. The fourth-order valence-electron chi connectivity index (χ4n) is 3.29. The van der Waals surface area contributed by atoms with E-state index in [1.54, 1.807) is 12.1 Å². The standard InChI is InChI=1S/C17H23NO3/c19-8-7-18-17(20)13-3-5-16(6-4-13)21-11-12-1-2-14-10-15(14)9-12/h3-6,12,14-15,19H,1-2,7-11H2,(H,18,20). The molecule has 0 saturated heterocycles. The van der Waals surface area contributed by atoms with Crippen LogP contribution >= 0.6 is 0 Å². The maximum atomic E-state index is 11.7. The average molecular weight is 289 g/mol. The minimum Gasteiger partial charge on any atom is -0.493 e. The number of benzene rings is 1. The maximum Gasteiger partial charge on any atom is 0.251 e. The fraction of sp³-hybridized carbons (Fsp3) is 0.588. The van der Waals surface area contributed by atoms with Gasteiger partial charge in [-0.2, -0.15) is 0 Å². The molecule has 21 heavy (non-hydrogen) atoms. The molecule has 4 nitrogen and oxygen atoms in total. The normalized spacial score (nSPS) is 26.8. The number of carbonyl (C=O) groups excluding carboxylic acids is 1. The number of hydrogen-bond donors (Lipinski definition) is 2. The molecule has 4 heteroatoms. The quantitative estimate of drug-likeness (QED) is 0.844. The predicted octanol–water partition coefficient (Wildman–Crippen LogP) is 2.22. The largest absolute Gasteiger partial charge is 0.493 e. The van der Waals surface area contributed by atoms with Crippen molar-refractivity contribution in [3.05, 3.63) is 29.8 Å². The Morgan fingerprint density at radius 3 is 2.71 bits per heavy atom. The van der Waals surface area contributed by atoms with Crippen molar-refractivity contribution in [1.82, 2.24) is 5.32 Å². The SMILES string of the molecule is O=C(NCCO)c1ccc(OCC2CCC3CC3C2)cc1. The Morgan fingerprint density at radius 2 is 2.00 bits per heavy atom. The van der Waals surface area contributed by atoms with Crippen molar-refractivity contribution in [1.29, 1.82) is 0 Å². The maximum absolute atomic E-state index is 11.7. The van der Waals surface area contributed by atoms with Crippen molar-refractivity contribution in [3.63, 3.8) is 0 Å². The molecule has 2 aliphatic carbocycles. The van der Waals surface area contributed by atoms with E-state index in [0.717, 1.165) is 24.2 Å². The van der Waals surface area contributed by atoms with Crippen LogP contribution in [0, 0.1) is 17.8 Å². The van der Waals surface area contributed by atoms with Crippen LogP contribution in [0.25, 0.3) is 0 Å². The molecule has 3 atom stereocenters. The van der Waals surface area contributed by atoms with Gasteiger partial charge in [-0.1, -0.05) is 0 Å². The summed E-state index contributed by atoms with van der Waals surface area (Å²) in [5, 5.41) is 11.3. The van der Waals surface area contributed by atoms with Crippen LogP contribution in [0.15, 0.2) is 24.3 Å². The summed E-state index contributed by atoms with van der Waals surface area (Å²) in [5.74, 6) is 3.36. The first-order valence-corrected chi connectivity index (χ1v) is 7.88.